The van der Waals surface area contributed by atoms with Crippen LogP contribution in [0, 0.1) is 13.8 Å². The maximum atomic E-state index is 13.7. The zero-order chi connectivity index (χ0) is 23.3. The van der Waals surface area contributed by atoms with Gasteiger partial charge < -0.3 is 14.3 Å². The Hall–Kier alpha value is -3.84. The summed E-state index contributed by atoms with van der Waals surface area (Å²) in [5.41, 5.74) is 3.00. The average Bonchev–Trinajstić information content (AvgIpc) is 3.54. The Kier molecular flexibility index (Phi) is 5.06. The summed E-state index contributed by atoms with van der Waals surface area (Å²) in [6, 6.07) is 15.6. The van der Waals surface area contributed by atoms with Gasteiger partial charge in [0, 0.05) is 16.0 Å². The number of aliphatic hydroxyl groups excluding tert-OH is 1. The molecule has 0 radical (unpaired) electrons. The molecule has 0 spiro atoms. The SMILES string of the molecule is COc1cccc2cc(C(=O)C3=C(O)C(=O)N(c4cccc(C)c4C)C3c3cccs3)oc12. The number of rotatable bonds is 5. The molecule has 1 unspecified atom stereocenters. The number of Topliss-reactive ketones (excluding diaryl/α,β-unsaturated/α-hetero) is 1. The number of fused-ring (bicyclic) bond motifs is 1. The Labute approximate surface area is 194 Å². The normalized spacial score (nSPS) is 16.2. The monoisotopic (exact) mass is 459 g/mol. The van der Waals surface area contributed by atoms with Gasteiger partial charge in [-0.25, -0.2) is 0 Å². The molecule has 1 amide bonds. The minimum absolute atomic E-state index is 0.00128. The van der Waals surface area contributed by atoms with E-state index < -0.39 is 23.5 Å². The topological polar surface area (TPSA) is 80.0 Å². The number of furan rings is 1. The van der Waals surface area contributed by atoms with Crippen LogP contribution in [0.5, 0.6) is 5.75 Å². The van der Waals surface area contributed by atoms with Gasteiger partial charge in [-0.05, 0) is 54.6 Å². The minimum atomic E-state index is -0.763. The molecule has 7 heteroatoms. The number of ketones is 1. The van der Waals surface area contributed by atoms with Gasteiger partial charge in [-0.15, -0.1) is 11.3 Å². The molecule has 3 heterocycles. The fourth-order valence-electron chi connectivity index (χ4n) is 4.24. The lowest BCUT2D eigenvalue weighted by atomic mass is 9.99. The largest absolute Gasteiger partial charge is 0.503 e. The number of aryl methyl sites for hydroxylation is 1. The first kappa shape index (κ1) is 21.0. The van der Waals surface area contributed by atoms with Gasteiger partial charge in [-0.1, -0.05) is 30.3 Å². The number of anilines is 1. The molecule has 1 atom stereocenters. The highest BCUT2D eigenvalue weighted by Crippen LogP contribution is 2.45. The van der Waals surface area contributed by atoms with E-state index in [0.29, 0.717) is 22.4 Å². The molecule has 6 nitrogen and oxygen atoms in total. The maximum Gasteiger partial charge on any atom is 0.294 e. The summed E-state index contributed by atoms with van der Waals surface area (Å²) in [7, 11) is 1.53. The van der Waals surface area contributed by atoms with E-state index in [2.05, 4.69) is 0 Å². The standard InChI is InChI=1S/C26H21NO5S/c1-14-7-4-9-17(15(14)2)27-22(20-11-6-12-33-20)21(24(29)26(27)30)23(28)19-13-16-8-5-10-18(31-3)25(16)32-19/h4-13,22,29H,1-3H3. The van der Waals surface area contributed by atoms with E-state index >= 15 is 0 Å². The molecular formula is C26H21NO5S. The van der Waals surface area contributed by atoms with Crippen molar-refractivity contribution >= 4 is 39.7 Å². The number of carbonyl (C=O) groups excluding carboxylic acids is 2. The van der Waals surface area contributed by atoms with Crippen LogP contribution in [0.15, 0.2) is 75.7 Å². The number of hydrogen-bond acceptors (Lipinski definition) is 6. The van der Waals surface area contributed by atoms with Crippen LogP contribution in [0.4, 0.5) is 5.69 Å². The van der Waals surface area contributed by atoms with Crippen LogP contribution >= 0.6 is 11.3 Å². The zero-order valence-corrected chi connectivity index (χ0v) is 19.1. The molecule has 166 valence electrons. The summed E-state index contributed by atoms with van der Waals surface area (Å²) in [6.07, 6.45) is 0. The highest BCUT2D eigenvalue weighted by Gasteiger charge is 2.46. The molecule has 0 saturated carbocycles. The van der Waals surface area contributed by atoms with Gasteiger partial charge in [0.25, 0.3) is 5.91 Å². The van der Waals surface area contributed by atoms with Crippen molar-refractivity contribution in [3.8, 4) is 5.75 Å². The van der Waals surface area contributed by atoms with Crippen molar-refractivity contribution in [3.05, 3.63) is 93.1 Å². The average molecular weight is 460 g/mol. The number of methoxy groups -OCH3 is 1. The van der Waals surface area contributed by atoms with E-state index in [1.165, 1.54) is 23.3 Å². The number of benzene rings is 2. The zero-order valence-electron chi connectivity index (χ0n) is 18.3. The van der Waals surface area contributed by atoms with Gasteiger partial charge in [-0.2, -0.15) is 0 Å². The van der Waals surface area contributed by atoms with Crippen molar-refractivity contribution < 1.29 is 23.8 Å². The first-order valence-electron chi connectivity index (χ1n) is 10.4. The van der Waals surface area contributed by atoms with E-state index in [1.807, 2.05) is 55.6 Å². The fourth-order valence-corrected chi connectivity index (χ4v) is 5.06. The van der Waals surface area contributed by atoms with Crippen molar-refractivity contribution in [3.63, 3.8) is 0 Å². The Bertz CT molecular complexity index is 1430. The summed E-state index contributed by atoms with van der Waals surface area (Å²) in [5.74, 6) is -1.18. The molecular weight excluding hydrogens is 438 g/mol. The molecule has 0 fully saturated rings. The number of thiophene rings is 1. The number of para-hydroxylation sites is 1. The molecule has 0 saturated heterocycles. The van der Waals surface area contributed by atoms with Crippen molar-refractivity contribution in [2.24, 2.45) is 0 Å². The predicted molar refractivity (Wildman–Crippen MR) is 127 cm³/mol. The molecule has 0 bridgehead atoms. The highest BCUT2D eigenvalue weighted by molar-refractivity contribution is 7.10. The van der Waals surface area contributed by atoms with Gasteiger partial charge in [0.15, 0.2) is 22.9 Å². The first-order valence-corrected chi connectivity index (χ1v) is 11.3. The van der Waals surface area contributed by atoms with E-state index in [-0.39, 0.29) is 11.3 Å². The molecule has 4 aromatic rings. The third-order valence-corrected chi connectivity index (χ3v) is 6.98. The quantitative estimate of drug-likeness (QED) is 0.376. The van der Waals surface area contributed by atoms with Crippen molar-refractivity contribution in [1.82, 2.24) is 0 Å². The minimum Gasteiger partial charge on any atom is -0.503 e. The third kappa shape index (κ3) is 3.24. The van der Waals surface area contributed by atoms with Crippen molar-refractivity contribution in [2.75, 3.05) is 12.0 Å². The summed E-state index contributed by atoms with van der Waals surface area (Å²) in [6.45, 7) is 3.88. The van der Waals surface area contributed by atoms with Gasteiger partial charge in [0.2, 0.25) is 5.78 Å². The van der Waals surface area contributed by atoms with Crippen molar-refractivity contribution in [2.45, 2.75) is 19.9 Å². The second-order valence-electron chi connectivity index (χ2n) is 7.89. The molecule has 1 aliphatic heterocycles. The molecule has 2 aromatic carbocycles. The Balaban J connectivity index is 1.67. The molecule has 33 heavy (non-hydrogen) atoms. The highest BCUT2D eigenvalue weighted by atomic mass is 32.1. The number of carbonyl (C=O) groups is 2. The lowest BCUT2D eigenvalue weighted by Crippen LogP contribution is -2.31. The van der Waals surface area contributed by atoms with Crippen LogP contribution in [0.1, 0.15) is 32.6 Å². The van der Waals surface area contributed by atoms with E-state index in [1.54, 1.807) is 18.2 Å². The summed E-state index contributed by atoms with van der Waals surface area (Å²) in [5, 5.41) is 13.5. The van der Waals surface area contributed by atoms with Gasteiger partial charge in [0.05, 0.1) is 12.7 Å². The number of hydrogen-bond donors (Lipinski definition) is 1. The van der Waals surface area contributed by atoms with Gasteiger partial charge in [-0.3, -0.25) is 14.5 Å². The molecule has 0 aliphatic carbocycles. The summed E-state index contributed by atoms with van der Waals surface area (Å²) >= 11 is 1.42. The van der Waals surface area contributed by atoms with Gasteiger partial charge in [0.1, 0.15) is 6.04 Å². The van der Waals surface area contributed by atoms with Crippen LogP contribution in [0.2, 0.25) is 0 Å². The number of nitrogens with zero attached hydrogens (tertiary/aromatic N) is 1. The second kappa shape index (κ2) is 7.94. The summed E-state index contributed by atoms with van der Waals surface area (Å²) < 4.78 is 11.2. The Morgan fingerprint density at radius 2 is 1.91 bits per heavy atom. The maximum absolute atomic E-state index is 13.7. The molecule has 2 aromatic heterocycles. The van der Waals surface area contributed by atoms with Crippen LogP contribution in [0.3, 0.4) is 0 Å². The van der Waals surface area contributed by atoms with Crippen LogP contribution in [-0.4, -0.2) is 23.9 Å². The fraction of sp³-hybridized carbons (Fsp3) is 0.154. The number of ether oxygens (including phenoxy) is 1. The number of amides is 1. The predicted octanol–water partition coefficient (Wildman–Crippen LogP) is 5.90. The van der Waals surface area contributed by atoms with Gasteiger partial charge >= 0.3 is 0 Å². The van der Waals surface area contributed by atoms with E-state index in [0.717, 1.165) is 16.0 Å². The van der Waals surface area contributed by atoms with Crippen LogP contribution in [-0.2, 0) is 4.79 Å². The first-order chi connectivity index (χ1) is 15.9. The molecule has 1 aliphatic rings. The molecule has 1 N–H and O–H groups in total. The Morgan fingerprint density at radius 1 is 1.12 bits per heavy atom. The van der Waals surface area contributed by atoms with Crippen LogP contribution in [0.25, 0.3) is 11.0 Å². The number of aliphatic hydroxyl groups is 1. The molecule has 5 rings (SSSR count). The third-order valence-electron chi connectivity index (χ3n) is 6.05. The van der Waals surface area contributed by atoms with Crippen LogP contribution < -0.4 is 9.64 Å². The lowest BCUT2D eigenvalue weighted by molar-refractivity contribution is -0.117. The Morgan fingerprint density at radius 3 is 2.64 bits per heavy atom. The van der Waals surface area contributed by atoms with E-state index in [4.69, 9.17) is 9.15 Å². The second-order valence-corrected chi connectivity index (χ2v) is 8.87. The summed E-state index contributed by atoms with van der Waals surface area (Å²) in [4.78, 5) is 29.3. The lowest BCUT2D eigenvalue weighted by Gasteiger charge is -2.27. The van der Waals surface area contributed by atoms with E-state index in [9.17, 15) is 14.7 Å². The smallest absolute Gasteiger partial charge is 0.294 e. The van der Waals surface area contributed by atoms with Crippen molar-refractivity contribution in [1.29, 1.82) is 0 Å².